The lowest BCUT2D eigenvalue weighted by atomic mass is 10.0. The summed E-state index contributed by atoms with van der Waals surface area (Å²) in [6.45, 7) is 8.15. The molecule has 32 heavy (non-hydrogen) atoms. The molecule has 2 aromatic carbocycles. The van der Waals surface area contributed by atoms with E-state index >= 15 is 0 Å². The zero-order valence-electron chi connectivity index (χ0n) is 18.5. The summed E-state index contributed by atoms with van der Waals surface area (Å²) in [7, 11) is 0. The highest BCUT2D eigenvalue weighted by Crippen LogP contribution is 2.28. The number of nitrogens with zero attached hydrogens (tertiary/aromatic N) is 4. The third-order valence-electron chi connectivity index (χ3n) is 5.89. The normalized spacial score (nSPS) is 13.8. The van der Waals surface area contributed by atoms with Gasteiger partial charge in [-0.05, 0) is 56.3 Å². The Bertz CT molecular complexity index is 1110. The molecular weight excluding hydrogens is 443 g/mol. The minimum Gasteiger partial charge on any atom is -0.333 e. The Morgan fingerprint density at radius 3 is 2.53 bits per heavy atom. The van der Waals surface area contributed by atoms with Gasteiger partial charge in [0, 0.05) is 47.2 Å². The van der Waals surface area contributed by atoms with Gasteiger partial charge in [0.25, 0.3) is 5.91 Å². The van der Waals surface area contributed by atoms with Gasteiger partial charge < -0.3 is 4.90 Å². The monoisotopic (exact) mass is 470 g/mol. The van der Waals surface area contributed by atoms with Crippen molar-refractivity contribution in [3.8, 4) is 5.69 Å². The van der Waals surface area contributed by atoms with Crippen molar-refractivity contribution < 1.29 is 4.79 Å². The maximum absolute atomic E-state index is 13.2. The SMILES string of the molecule is CCCN1CCc2c(c(CN(CC)C(=O)c3cccc(Cl)c3)nn2-c2cccc(Cl)c2)C1. The average molecular weight is 471 g/mol. The highest BCUT2D eigenvalue weighted by molar-refractivity contribution is 6.31. The number of amides is 1. The number of hydrogen-bond donors (Lipinski definition) is 0. The fourth-order valence-corrected chi connectivity index (χ4v) is 4.68. The molecule has 4 rings (SSSR count). The standard InChI is InChI=1S/C25H28Cl2N4O/c1-3-12-29-13-11-24-22(16-29)23(28-31(24)21-10-6-9-20(27)15-21)17-30(4-2)25(32)18-7-5-8-19(26)14-18/h5-10,14-15H,3-4,11-13,16-17H2,1-2H3. The minimum absolute atomic E-state index is 0.0396. The molecule has 0 N–H and O–H groups in total. The average Bonchev–Trinajstić information content (AvgIpc) is 3.15. The second-order valence-electron chi connectivity index (χ2n) is 8.12. The first-order valence-electron chi connectivity index (χ1n) is 11.1. The van der Waals surface area contributed by atoms with Crippen molar-refractivity contribution in [1.82, 2.24) is 19.6 Å². The topological polar surface area (TPSA) is 41.4 Å². The van der Waals surface area contributed by atoms with Crippen LogP contribution in [0.1, 0.15) is 47.6 Å². The lowest BCUT2D eigenvalue weighted by Gasteiger charge is -2.28. The van der Waals surface area contributed by atoms with Crippen LogP contribution in [0.3, 0.4) is 0 Å². The van der Waals surface area contributed by atoms with Crippen LogP contribution >= 0.6 is 23.2 Å². The third kappa shape index (κ3) is 4.85. The first-order chi connectivity index (χ1) is 15.5. The fraction of sp³-hybridized carbons (Fsp3) is 0.360. The van der Waals surface area contributed by atoms with Gasteiger partial charge in [-0.25, -0.2) is 4.68 Å². The molecule has 5 nitrogen and oxygen atoms in total. The van der Waals surface area contributed by atoms with Crippen molar-refractivity contribution in [2.24, 2.45) is 0 Å². The van der Waals surface area contributed by atoms with Crippen LogP contribution in [0.4, 0.5) is 0 Å². The summed E-state index contributed by atoms with van der Waals surface area (Å²) < 4.78 is 2.01. The number of hydrogen-bond acceptors (Lipinski definition) is 3. The van der Waals surface area contributed by atoms with E-state index in [2.05, 4.69) is 11.8 Å². The van der Waals surface area contributed by atoms with Gasteiger partial charge in [-0.15, -0.1) is 0 Å². The molecule has 0 spiro atoms. The second kappa shape index (κ2) is 10.1. The molecular formula is C25H28Cl2N4O. The van der Waals surface area contributed by atoms with Gasteiger partial charge >= 0.3 is 0 Å². The van der Waals surface area contributed by atoms with Crippen molar-refractivity contribution in [1.29, 1.82) is 0 Å². The molecule has 1 aliphatic rings. The zero-order chi connectivity index (χ0) is 22.7. The first-order valence-corrected chi connectivity index (χ1v) is 11.9. The smallest absolute Gasteiger partial charge is 0.254 e. The highest BCUT2D eigenvalue weighted by Gasteiger charge is 2.27. The second-order valence-corrected chi connectivity index (χ2v) is 8.99. The van der Waals surface area contributed by atoms with Gasteiger partial charge in [0.1, 0.15) is 0 Å². The molecule has 1 aromatic heterocycles. The maximum atomic E-state index is 13.2. The lowest BCUT2D eigenvalue weighted by molar-refractivity contribution is 0.0749. The first kappa shape index (κ1) is 22.8. The van der Waals surface area contributed by atoms with Gasteiger partial charge in [0.2, 0.25) is 0 Å². The van der Waals surface area contributed by atoms with Crippen LogP contribution in [-0.4, -0.2) is 45.1 Å². The number of benzene rings is 2. The molecule has 2 heterocycles. The quantitative estimate of drug-likeness (QED) is 0.450. The Morgan fingerprint density at radius 1 is 1.09 bits per heavy atom. The van der Waals surface area contributed by atoms with Gasteiger partial charge in [-0.2, -0.15) is 5.10 Å². The molecule has 0 bridgehead atoms. The predicted molar refractivity (Wildman–Crippen MR) is 130 cm³/mol. The third-order valence-corrected chi connectivity index (χ3v) is 6.36. The van der Waals surface area contributed by atoms with Gasteiger partial charge in [0.15, 0.2) is 0 Å². The molecule has 168 valence electrons. The van der Waals surface area contributed by atoms with E-state index in [9.17, 15) is 4.79 Å². The van der Waals surface area contributed by atoms with Crippen LogP contribution in [0.25, 0.3) is 5.69 Å². The Kier molecular flexibility index (Phi) is 7.19. The van der Waals surface area contributed by atoms with E-state index in [0.717, 1.165) is 43.9 Å². The van der Waals surface area contributed by atoms with Crippen LogP contribution in [0.15, 0.2) is 48.5 Å². The highest BCUT2D eigenvalue weighted by atomic mass is 35.5. The summed E-state index contributed by atoms with van der Waals surface area (Å²) in [4.78, 5) is 17.5. The number of carbonyl (C=O) groups excluding carboxylic acids is 1. The Labute approximate surface area is 199 Å². The number of halogens is 2. The molecule has 0 unspecified atom stereocenters. The molecule has 1 aliphatic heterocycles. The number of fused-ring (bicyclic) bond motifs is 1. The van der Waals surface area contributed by atoms with E-state index in [1.54, 1.807) is 18.2 Å². The molecule has 0 fully saturated rings. The Balaban J connectivity index is 1.70. The van der Waals surface area contributed by atoms with Crippen LogP contribution < -0.4 is 0 Å². The zero-order valence-corrected chi connectivity index (χ0v) is 20.0. The van der Waals surface area contributed by atoms with Crippen LogP contribution in [0.5, 0.6) is 0 Å². The van der Waals surface area contributed by atoms with E-state index in [1.165, 1.54) is 11.3 Å². The fourth-order valence-electron chi connectivity index (χ4n) is 4.31. The number of rotatable bonds is 7. The summed E-state index contributed by atoms with van der Waals surface area (Å²) in [5.74, 6) is -0.0396. The predicted octanol–water partition coefficient (Wildman–Crippen LogP) is 5.61. The van der Waals surface area contributed by atoms with E-state index in [1.807, 2.05) is 46.8 Å². The van der Waals surface area contributed by atoms with Crippen molar-refractivity contribution in [3.05, 3.63) is 81.1 Å². The van der Waals surface area contributed by atoms with Crippen LogP contribution in [0, 0.1) is 0 Å². The van der Waals surface area contributed by atoms with E-state index < -0.39 is 0 Å². The molecule has 0 saturated heterocycles. The summed E-state index contributed by atoms with van der Waals surface area (Å²) in [5, 5.41) is 6.23. The van der Waals surface area contributed by atoms with E-state index in [0.29, 0.717) is 28.7 Å². The Morgan fingerprint density at radius 2 is 1.84 bits per heavy atom. The molecule has 1 amide bonds. The van der Waals surface area contributed by atoms with Crippen LogP contribution in [-0.2, 0) is 19.5 Å². The van der Waals surface area contributed by atoms with E-state index in [4.69, 9.17) is 28.3 Å². The summed E-state index contributed by atoms with van der Waals surface area (Å²) >= 11 is 12.4. The van der Waals surface area contributed by atoms with Crippen molar-refractivity contribution >= 4 is 29.1 Å². The van der Waals surface area contributed by atoms with Crippen LogP contribution in [0.2, 0.25) is 10.0 Å². The molecule has 0 atom stereocenters. The van der Waals surface area contributed by atoms with Crippen molar-refractivity contribution in [3.63, 3.8) is 0 Å². The van der Waals surface area contributed by atoms with Crippen molar-refractivity contribution in [2.45, 2.75) is 39.8 Å². The largest absolute Gasteiger partial charge is 0.333 e. The maximum Gasteiger partial charge on any atom is 0.254 e. The van der Waals surface area contributed by atoms with Crippen molar-refractivity contribution in [2.75, 3.05) is 19.6 Å². The van der Waals surface area contributed by atoms with Gasteiger partial charge in [-0.1, -0.05) is 42.3 Å². The molecule has 0 radical (unpaired) electrons. The Hall–Kier alpha value is -2.34. The van der Waals surface area contributed by atoms with Gasteiger partial charge in [-0.3, -0.25) is 9.69 Å². The molecule has 7 heteroatoms. The van der Waals surface area contributed by atoms with E-state index in [-0.39, 0.29) is 5.91 Å². The number of aromatic nitrogens is 2. The summed E-state index contributed by atoms with van der Waals surface area (Å²) in [5.41, 5.74) is 4.92. The summed E-state index contributed by atoms with van der Waals surface area (Å²) in [6.07, 6.45) is 2.03. The lowest BCUT2D eigenvalue weighted by Crippen LogP contribution is -2.33. The van der Waals surface area contributed by atoms with Gasteiger partial charge in [0.05, 0.1) is 23.6 Å². The molecule has 3 aromatic rings. The minimum atomic E-state index is -0.0396. The summed E-state index contributed by atoms with van der Waals surface area (Å²) in [6, 6.07) is 14.9. The molecule has 0 aliphatic carbocycles. The number of carbonyl (C=O) groups is 1. The molecule has 0 saturated carbocycles.